The van der Waals surface area contributed by atoms with Crippen LogP contribution in [0.2, 0.25) is 0 Å². The first-order valence-electron chi connectivity index (χ1n) is 8.34. The Hall–Kier alpha value is -1.90. The van der Waals surface area contributed by atoms with Crippen molar-refractivity contribution in [2.24, 2.45) is 0 Å². The molecule has 3 rings (SSSR count). The fraction of sp³-hybridized carbons (Fsp3) is 0.688. The molecule has 0 radical (unpaired) electrons. The Balaban J connectivity index is 0.000000277. The average molecular weight is 360 g/mol. The molecule has 0 amide bonds. The molecule has 2 fully saturated rings. The summed E-state index contributed by atoms with van der Waals surface area (Å²) >= 11 is 0. The average Bonchev–Trinajstić information content (AvgIpc) is 2.98. The predicted octanol–water partition coefficient (Wildman–Crippen LogP) is 2.56. The second-order valence-electron chi connectivity index (χ2n) is 6.26. The summed E-state index contributed by atoms with van der Waals surface area (Å²) in [7, 11) is 0. The molecule has 0 saturated carbocycles. The normalized spacial score (nSPS) is 20.2. The number of alkyl halides is 3. The van der Waals surface area contributed by atoms with Gasteiger partial charge in [0, 0.05) is 31.0 Å². The summed E-state index contributed by atoms with van der Waals surface area (Å²) in [5.41, 5.74) is 0.494. The Kier molecular flexibility index (Phi) is 6.21. The molecule has 2 aliphatic heterocycles. The van der Waals surface area contributed by atoms with Crippen molar-refractivity contribution in [3.63, 3.8) is 0 Å². The number of nitrogens with zero attached hydrogens (tertiary/aromatic N) is 4. The number of likely N-dealkylation sites (tertiary alicyclic amines) is 1. The van der Waals surface area contributed by atoms with Crippen molar-refractivity contribution in [3.8, 4) is 0 Å². The van der Waals surface area contributed by atoms with Crippen LogP contribution in [-0.2, 0) is 4.79 Å². The number of aromatic nitrogens is 2. The fourth-order valence-electron chi connectivity index (χ4n) is 3.66. The van der Waals surface area contributed by atoms with Crippen molar-refractivity contribution in [1.82, 2.24) is 14.9 Å². The van der Waals surface area contributed by atoms with Gasteiger partial charge in [0.2, 0.25) is 0 Å². The molecule has 9 heteroatoms. The first-order chi connectivity index (χ1) is 11.8. The lowest BCUT2D eigenvalue weighted by molar-refractivity contribution is -0.192. The van der Waals surface area contributed by atoms with Gasteiger partial charge in [-0.1, -0.05) is 6.92 Å². The number of carboxylic acids is 1. The van der Waals surface area contributed by atoms with E-state index < -0.39 is 12.1 Å². The largest absolute Gasteiger partial charge is 0.490 e. The van der Waals surface area contributed by atoms with E-state index in [0.717, 1.165) is 18.9 Å². The van der Waals surface area contributed by atoms with Gasteiger partial charge in [0.15, 0.2) is 0 Å². The zero-order chi connectivity index (χ0) is 18.5. The third kappa shape index (κ3) is 4.81. The number of aliphatic carboxylic acids is 1. The van der Waals surface area contributed by atoms with E-state index in [1.807, 2.05) is 6.20 Å². The quantitative estimate of drug-likeness (QED) is 0.874. The zero-order valence-corrected chi connectivity index (χ0v) is 14.2. The standard InChI is InChI=1S/C14H22N4.C2HF3O2/c1-2-18-9-3-4-14(18)5-10-17(11-6-14)13-12-15-7-8-16-13;3-2(4,5)1(6)7/h7-8,12H,2-6,9-11H2,1H3;(H,6,7). The Bertz CT molecular complexity index is 560. The van der Waals surface area contributed by atoms with E-state index in [-0.39, 0.29) is 0 Å². The third-order valence-corrected chi connectivity index (χ3v) is 4.93. The summed E-state index contributed by atoms with van der Waals surface area (Å²) in [5, 5.41) is 7.12. The van der Waals surface area contributed by atoms with E-state index in [0.29, 0.717) is 5.54 Å². The molecule has 0 aliphatic carbocycles. The van der Waals surface area contributed by atoms with Gasteiger partial charge in [0.1, 0.15) is 5.82 Å². The summed E-state index contributed by atoms with van der Waals surface area (Å²) in [6, 6.07) is 0. The lowest BCUT2D eigenvalue weighted by Crippen LogP contribution is -2.52. The molecule has 1 spiro atoms. The van der Waals surface area contributed by atoms with Crippen molar-refractivity contribution >= 4 is 11.8 Å². The minimum atomic E-state index is -5.08. The maximum Gasteiger partial charge on any atom is 0.490 e. The predicted molar refractivity (Wildman–Crippen MR) is 86.4 cm³/mol. The zero-order valence-electron chi connectivity index (χ0n) is 14.2. The molecule has 25 heavy (non-hydrogen) atoms. The van der Waals surface area contributed by atoms with Crippen molar-refractivity contribution in [3.05, 3.63) is 18.6 Å². The highest BCUT2D eigenvalue weighted by Crippen LogP contribution is 2.38. The summed E-state index contributed by atoms with van der Waals surface area (Å²) in [5.74, 6) is -1.72. The Morgan fingerprint density at radius 3 is 2.36 bits per heavy atom. The summed E-state index contributed by atoms with van der Waals surface area (Å²) in [6.45, 7) is 7.03. The van der Waals surface area contributed by atoms with Crippen LogP contribution < -0.4 is 4.90 Å². The van der Waals surface area contributed by atoms with Gasteiger partial charge >= 0.3 is 12.1 Å². The van der Waals surface area contributed by atoms with Gasteiger partial charge in [-0.15, -0.1) is 0 Å². The van der Waals surface area contributed by atoms with Crippen LogP contribution in [0, 0.1) is 0 Å². The summed E-state index contributed by atoms with van der Waals surface area (Å²) in [6.07, 6.45) is 5.63. The molecule has 2 saturated heterocycles. The molecule has 140 valence electrons. The molecule has 0 aromatic carbocycles. The van der Waals surface area contributed by atoms with Gasteiger partial charge in [-0.3, -0.25) is 9.88 Å². The Morgan fingerprint density at radius 2 is 1.88 bits per heavy atom. The number of carbonyl (C=O) groups is 1. The maximum atomic E-state index is 10.6. The highest BCUT2D eigenvalue weighted by Gasteiger charge is 2.42. The summed E-state index contributed by atoms with van der Waals surface area (Å²) in [4.78, 5) is 22.5. The van der Waals surface area contributed by atoms with Gasteiger partial charge in [-0.2, -0.15) is 13.2 Å². The monoisotopic (exact) mass is 360 g/mol. The van der Waals surface area contributed by atoms with Gasteiger partial charge in [-0.25, -0.2) is 9.78 Å². The number of hydrogen-bond donors (Lipinski definition) is 1. The molecule has 1 aromatic rings. The van der Waals surface area contributed by atoms with Crippen LogP contribution in [0.5, 0.6) is 0 Å². The fourth-order valence-corrected chi connectivity index (χ4v) is 3.66. The minimum Gasteiger partial charge on any atom is -0.475 e. The van der Waals surface area contributed by atoms with Crippen LogP contribution >= 0.6 is 0 Å². The second-order valence-corrected chi connectivity index (χ2v) is 6.26. The van der Waals surface area contributed by atoms with E-state index in [1.54, 1.807) is 12.4 Å². The van der Waals surface area contributed by atoms with Crippen molar-refractivity contribution in [2.75, 3.05) is 31.1 Å². The van der Waals surface area contributed by atoms with Gasteiger partial charge in [0.25, 0.3) is 0 Å². The third-order valence-electron chi connectivity index (χ3n) is 4.93. The topological polar surface area (TPSA) is 69.6 Å². The minimum absolute atomic E-state index is 0.494. The number of anilines is 1. The van der Waals surface area contributed by atoms with Crippen molar-refractivity contribution in [2.45, 2.75) is 44.3 Å². The molecule has 2 aliphatic rings. The SMILES string of the molecule is CCN1CCCC12CCN(c1cnccn1)CC2.O=C(O)C(F)(F)F. The number of hydrogen-bond acceptors (Lipinski definition) is 5. The van der Waals surface area contributed by atoms with Gasteiger partial charge in [-0.05, 0) is 38.8 Å². The molecule has 0 unspecified atom stereocenters. The van der Waals surface area contributed by atoms with Gasteiger partial charge < -0.3 is 10.0 Å². The number of halogens is 3. The molecule has 0 atom stereocenters. The number of carboxylic acid groups (broad SMARTS) is 1. The lowest BCUT2D eigenvalue weighted by atomic mass is 9.85. The first-order valence-corrected chi connectivity index (χ1v) is 8.34. The molecular weight excluding hydrogens is 337 g/mol. The van der Waals surface area contributed by atoms with Crippen LogP contribution in [0.25, 0.3) is 0 Å². The van der Waals surface area contributed by atoms with Gasteiger partial charge in [0.05, 0.1) is 6.20 Å². The molecule has 6 nitrogen and oxygen atoms in total. The molecule has 0 bridgehead atoms. The smallest absolute Gasteiger partial charge is 0.475 e. The first kappa shape index (κ1) is 19.4. The molecular formula is C16H23F3N4O2. The van der Waals surface area contributed by atoms with Crippen LogP contribution in [0.1, 0.15) is 32.6 Å². The molecule has 1 N–H and O–H groups in total. The lowest BCUT2D eigenvalue weighted by Gasteiger charge is -2.45. The van der Waals surface area contributed by atoms with Crippen LogP contribution in [0.4, 0.5) is 19.0 Å². The van der Waals surface area contributed by atoms with E-state index in [2.05, 4.69) is 26.7 Å². The Labute approximate surface area is 144 Å². The molecule has 1 aromatic heterocycles. The van der Waals surface area contributed by atoms with Crippen LogP contribution in [0.15, 0.2) is 18.6 Å². The maximum absolute atomic E-state index is 10.6. The molecule has 3 heterocycles. The van der Waals surface area contributed by atoms with Crippen LogP contribution in [0.3, 0.4) is 0 Å². The Morgan fingerprint density at radius 1 is 1.24 bits per heavy atom. The summed E-state index contributed by atoms with van der Waals surface area (Å²) < 4.78 is 31.7. The van der Waals surface area contributed by atoms with Crippen molar-refractivity contribution in [1.29, 1.82) is 0 Å². The highest BCUT2D eigenvalue weighted by atomic mass is 19.4. The number of piperidine rings is 1. The van der Waals surface area contributed by atoms with E-state index in [4.69, 9.17) is 9.90 Å². The van der Waals surface area contributed by atoms with Crippen LogP contribution in [-0.4, -0.2) is 63.8 Å². The van der Waals surface area contributed by atoms with Crippen molar-refractivity contribution < 1.29 is 23.1 Å². The number of rotatable bonds is 2. The second kappa shape index (κ2) is 7.99. The highest BCUT2D eigenvalue weighted by molar-refractivity contribution is 5.73. The van der Waals surface area contributed by atoms with E-state index in [9.17, 15) is 13.2 Å². The van der Waals surface area contributed by atoms with E-state index >= 15 is 0 Å². The van der Waals surface area contributed by atoms with E-state index in [1.165, 1.54) is 38.8 Å².